The molecule has 0 aliphatic heterocycles. The number of anilines is 1. The number of alkyl halides is 1. The highest BCUT2D eigenvalue weighted by atomic mass is 35.5. The molecule has 2 aliphatic rings. The number of hydrogen-bond donors (Lipinski definition) is 2. The number of allylic oxidation sites excluding steroid dienone is 6. The van der Waals surface area contributed by atoms with E-state index in [0.29, 0.717) is 0 Å². The number of benzene rings is 1. The molecule has 2 nitrogen and oxygen atoms in total. The quantitative estimate of drug-likeness (QED) is 0.599. The smallest absolute Gasteiger partial charge is 0.199 e. The van der Waals surface area contributed by atoms with Gasteiger partial charge in [0.25, 0.3) is 0 Å². The minimum absolute atomic E-state index is 1.15. The molecule has 0 amide bonds. The zero-order valence-electron chi connectivity index (χ0n) is 15.4. The fourth-order valence-corrected chi connectivity index (χ4v) is 2.54. The van der Waals surface area contributed by atoms with E-state index in [0.717, 1.165) is 18.5 Å². The van der Waals surface area contributed by atoms with Crippen molar-refractivity contribution < 1.29 is 4.99 Å². The predicted molar refractivity (Wildman–Crippen MR) is 112 cm³/mol. The first-order valence-electron chi connectivity index (χ1n) is 8.73. The van der Waals surface area contributed by atoms with Gasteiger partial charge in [-0.2, -0.15) is 0 Å². The van der Waals surface area contributed by atoms with Gasteiger partial charge < -0.3 is 5.32 Å². The van der Waals surface area contributed by atoms with Gasteiger partial charge in [0.2, 0.25) is 0 Å². The number of hydrogen-bond acceptors (Lipinski definition) is 1. The molecule has 0 fully saturated rings. The summed E-state index contributed by atoms with van der Waals surface area (Å²) in [7, 11) is 1.91. The van der Waals surface area contributed by atoms with Gasteiger partial charge in [-0.25, -0.2) is 4.99 Å². The van der Waals surface area contributed by atoms with E-state index in [1.54, 1.807) is 0 Å². The van der Waals surface area contributed by atoms with Gasteiger partial charge in [-0.3, -0.25) is 0 Å². The fourth-order valence-electron chi connectivity index (χ4n) is 2.54. The van der Waals surface area contributed by atoms with E-state index >= 15 is 0 Å². The molecule has 0 heterocycles. The van der Waals surface area contributed by atoms with Gasteiger partial charge in [0.05, 0.1) is 0 Å². The van der Waals surface area contributed by atoms with E-state index in [1.165, 1.54) is 42.5 Å². The van der Waals surface area contributed by atoms with Gasteiger partial charge in [0.1, 0.15) is 0 Å². The molecule has 3 rings (SSSR count). The van der Waals surface area contributed by atoms with Crippen LogP contribution in [0.15, 0.2) is 78.1 Å². The third-order valence-electron chi connectivity index (χ3n) is 3.83. The van der Waals surface area contributed by atoms with Crippen molar-refractivity contribution in [1.82, 2.24) is 0 Å². The molecule has 0 spiro atoms. The normalized spacial score (nSPS) is 16.0. The van der Waals surface area contributed by atoms with E-state index in [-0.39, 0.29) is 0 Å². The van der Waals surface area contributed by atoms with Crippen LogP contribution < -0.4 is 10.3 Å². The van der Waals surface area contributed by atoms with Crippen LogP contribution in [0.25, 0.3) is 0 Å². The standard InChI is InChI=1S/C14H17N.C7H9N.CH3Cl/c1-12-6-5-7-13(10-12)11-15-14-8-3-2-4-9-14;1-8-7-5-3-2-4-6-7;1-2/h3,8-11H,1-2,4-7H2;2-6,8H,1H3;1H3/p+1. The minimum Gasteiger partial charge on any atom is -0.388 e. The Kier molecular flexibility index (Phi) is 11.1. The zero-order chi connectivity index (χ0) is 18.3. The van der Waals surface area contributed by atoms with Crippen molar-refractivity contribution in [3.63, 3.8) is 0 Å². The maximum atomic E-state index is 4.64. The van der Waals surface area contributed by atoms with Gasteiger partial charge in [-0.05, 0) is 50.3 Å². The van der Waals surface area contributed by atoms with E-state index < -0.39 is 0 Å². The SMILES string of the molecule is C=C1C=C(C=[NH+]C2=CCCC=C2)CCC1.CCl.CNc1ccccc1. The highest BCUT2D eigenvalue weighted by Crippen LogP contribution is 2.18. The highest BCUT2D eigenvalue weighted by molar-refractivity contribution is 6.15. The summed E-state index contributed by atoms with van der Waals surface area (Å²) in [6.45, 7) is 4.01. The van der Waals surface area contributed by atoms with Crippen molar-refractivity contribution in [2.24, 2.45) is 0 Å². The third kappa shape index (κ3) is 9.11. The lowest BCUT2D eigenvalue weighted by atomic mass is 9.97. The molecule has 1 aromatic rings. The number of halogens is 1. The van der Waals surface area contributed by atoms with Crippen LogP contribution in [0.5, 0.6) is 0 Å². The van der Waals surface area contributed by atoms with Gasteiger partial charge in [0.15, 0.2) is 11.9 Å². The summed E-state index contributed by atoms with van der Waals surface area (Å²) in [4.78, 5) is 3.35. The summed E-state index contributed by atoms with van der Waals surface area (Å²) in [5, 5.41) is 3.03. The van der Waals surface area contributed by atoms with Gasteiger partial charge >= 0.3 is 0 Å². The van der Waals surface area contributed by atoms with Gasteiger partial charge in [0, 0.05) is 30.8 Å². The molecule has 0 bridgehead atoms. The van der Waals surface area contributed by atoms with Crippen LogP contribution in [-0.4, -0.2) is 19.6 Å². The summed E-state index contributed by atoms with van der Waals surface area (Å²) < 4.78 is 0. The first-order chi connectivity index (χ1) is 12.3. The first-order valence-corrected chi connectivity index (χ1v) is 9.49. The van der Waals surface area contributed by atoms with E-state index in [9.17, 15) is 0 Å². The Hall–Kier alpha value is -2.06. The van der Waals surface area contributed by atoms with Crippen molar-refractivity contribution in [2.75, 3.05) is 18.7 Å². The summed E-state index contributed by atoms with van der Waals surface area (Å²) in [5.74, 6) is 0. The summed E-state index contributed by atoms with van der Waals surface area (Å²) in [6, 6.07) is 10.1. The molecule has 2 N–H and O–H groups in total. The van der Waals surface area contributed by atoms with Gasteiger partial charge in [-0.15, -0.1) is 11.6 Å². The molecule has 0 radical (unpaired) electrons. The molecular formula is C22H30ClN2+. The second-order valence-electron chi connectivity index (χ2n) is 5.77. The topological polar surface area (TPSA) is 26.0 Å². The monoisotopic (exact) mass is 357 g/mol. The third-order valence-corrected chi connectivity index (χ3v) is 3.83. The second kappa shape index (κ2) is 13.3. The Balaban J connectivity index is 0.000000264. The van der Waals surface area contributed by atoms with Crippen molar-refractivity contribution >= 4 is 23.5 Å². The van der Waals surface area contributed by atoms with Crippen molar-refractivity contribution in [3.05, 3.63) is 78.1 Å². The lowest BCUT2D eigenvalue weighted by Gasteiger charge is -2.08. The van der Waals surface area contributed by atoms with Crippen molar-refractivity contribution in [1.29, 1.82) is 0 Å². The van der Waals surface area contributed by atoms with Crippen LogP contribution in [0.1, 0.15) is 32.1 Å². The fraction of sp³-hybridized carbons (Fsp3) is 0.318. The Labute approximate surface area is 157 Å². The van der Waals surface area contributed by atoms with Crippen LogP contribution in [0, 0.1) is 0 Å². The Morgan fingerprint density at radius 2 is 1.88 bits per heavy atom. The summed E-state index contributed by atoms with van der Waals surface area (Å²) in [5.41, 5.74) is 5.00. The molecule has 0 unspecified atom stereocenters. The molecule has 2 aliphatic carbocycles. The summed E-state index contributed by atoms with van der Waals surface area (Å²) in [6.07, 6.45) is 18.3. The van der Waals surface area contributed by atoms with E-state index in [4.69, 9.17) is 0 Å². The molecular weight excluding hydrogens is 328 g/mol. The van der Waals surface area contributed by atoms with Crippen LogP contribution in [0.2, 0.25) is 0 Å². The average Bonchev–Trinajstić information content (AvgIpc) is 2.70. The molecule has 134 valence electrons. The van der Waals surface area contributed by atoms with Crippen LogP contribution in [-0.2, 0) is 0 Å². The average molecular weight is 358 g/mol. The van der Waals surface area contributed by atoms with E-state index in [1.807, 2.05) is 37.4 Å². The van der Waals surface area contributed by atoms with E-state index in [2.05, 4.69) is 59.0 Å². The molecule has 0 saturated heterocycles. The maximum absolute atomic E-state index is 4.64. The number of rotatable bonds is 3. The Morgan fingerprint density at radius 1 is 1.12 bits per heavy atom. The molecule has 1 aromatic carbocycles. The molecule has 3 heteroatoms. The summed E-state index contributed by atoms with van der Waals surface area (Å²) >= 11 is 4.64. The van der Waals surface area contributed by atoms with Crippen LogP contribution in [0.3, 0.4) is 0 Å². The number of nitrogens with one attached hydrogen (secondary N) is 2. The van der Waals surface area contributed by atoms with Crippen molar-refractivity contribution in [3.8, 4) is 0 Å². The minimum atomic E-state index is 1.15. The number of para-hydroxylation sites is 1. The lowest BCUT2D eigenvalue weighted by molar-refractivity contribution is -0.385. The molecule has 0 atom stereocenters. The Bertz CT molecular complexity index is 625. The largest absolute Gasteiger partial charge is 0.388 e. The first kappa shape index (κ1) is 21.0. The zero-order valence-corrected chi connectivity index (χ0v) is 16.2. The van der Waals surface area contributed by atoms with Crippen LogP contribution in [0.4, 0.5) is 5.69 Å². The van der Waals surface area contributed by atoms with Crippen LogP contribution >= 0.6 is 11.6 Å². The molecule has 0 saturated carbocycles. The van der Waals surface area contributed by atoms with Crippen molar-refractivity contribution in [2.45, 2.75) is 32.1 Å². The molecule has 0 aromatic heterocycles. The maximum Gasteiger partial charge on any atom is 0.199 e. The highest BCUT2D eigenvalue weighted by Gasteiger charge is 2.06. The lowest BCUT2D eigenvalue weighted by Crippen LogP contribution is -2.66. The Morgan fingerprint density at radius 3 is 2.44 bits per heavy atom. The van der Waals surface area contributed by atoms with Gasteiger partial charge in [-0.1, -0.05) is 42.5 Å². The second-order valence-corrected chi connectivity index (χ2v) is 5.77. The molecule has 25 heavy (non-hydrogen) atoms. The predicted octanol–water partition coefficient (Wildman–Crippen LogP) is 4.62.